The molecule has 6 nitrogen and oxygen atoms in total. The molecule has 4 aliphatic heterocycles. The van der Waals surface area contributed by atoms with Crippen LogP contribution >= 0.6 is 0 Å². The van der Waals surface area contributed by atoms with E-state index in [0.29, 0.717) is 0 Å². The van der Waals surface area contributed by atoms with E-state index in [1.54, 1.807) is 0 Å². The quantitative estimate of drug-likeness (QED) is 0.485. The van der Waals surface area contributed by atoms with Crippen LogP contribution in [0.5, 0.6) is 0 Å². The van der Waals surface area contributed by atoms with E-state index in [4.69, 9.17) is 0 Å². The molecule has 184 valence electrons. The molecule has 0 atom stereocenters. The third-order valence-electron chi connectivity index (χ3n) is 5.79. The number of nitrogens with one attached hydrogen (secondary N) is 4. The minimum atomic E-state index is 0.855. The van der Waals surface area contributed by atoms with Crippen molar-refractivity contribution >= 4 is 12.4 Å². The van der Waals surface area contributed by atoms with Gasteiger partial charge >= 0.3 is 0 Å². The molecule has 4 N–H and O–H groups in total. The van der Waals surface area contributed by atoms with Gasteiger partial charge in [0.05, 0.1) is 0 Å². The third-order valence-corrected chi connectivity index (χ3v) is 5.79. The number of aliphatic imine (C=N–C) groups is 2. The fourth-order valence-electron chi connectivity index (χ4n) is 3.77. The first-order chi connectivity index (χ1) is 16.9. The van der Waals surface area contributed by atoms with Crippen LogP contribution in [0, 0.1) is 0 Å². The largest absolute Gasteiger partial charge is 0.317 e. The molecule has 0 aromatic heterocycles. The molecule has 4 heterocycles. The van der Waals surface area contributed by atoms with E-state index in [-0.39, 0.29) is 0 Å². The van der Waals surface area contributed by atoms with Gasteiger partial charge in [-0.3, -0.25) is 9.98 Å². The normalized spacial score (nSPS) is 18.6. The van der Waals surface area contributed by atoms with Crippen LogP contribution in [0.1, 0.15) is 47.9 Å². The van der Waals surface area contributed by atoms with Crippen molar-refractivity contribution in [2.24, 2.45) is 9.98 Å². The Labute approximate surface area is 205 Å². The zero-order chi connectivity index (χ0) is 23.5. The number of rotatable bonds is 0. The van der Waals surface area contributed by atoms with Crippen LogP contribution in [-0.2, 0) is 13.1 Å². The summed E-state index contributed by atoms with van der Waals surface area (Å²) in [5, 5.41) is 14.1. The summed E-state index contributed by atoms with van der Waals surface area (Å²) in [7, 11) is 0. The van der Waals surface area contributed by atoms with Crippen LogP contribution < -0.4 is 21.3 Å². The highest BCUT2D eigenvalue weighted by atomic mass is 14.9. The van der Waals surface area contributed by atoms with Gasteiger partial charge in [0.2, 0.25) is 0 Å². The first-order valence-corrected chi connectivity index (χ1v) is 12.9. The van der Waals surface area contributed by atoms with Gasteiger partial charge in [0, 0.05) is 38.6 Å². The monoisotopic (exact) mass is 462 g/mol. The van der Waals surface area contributed by atoms with Crippen molar-refractivity contribution in [2.75, 3.05) is 52.4 Å². The molecule has 2 aromatic carbocycles. The molecular weight excluding hydrogens is 420 g/mol. The lowest BCUT2D eigenvalue weighted by Crippen LogP contribution is -2.23. The standard InChI is InChI=1S/C28H42N6/c1-13-29-14-2-18-32-22-27-9-11-28(12-10-27)24-34-20-4-16-30-15-3-19-33-23-26-7-5-25(6-8-26)21-31-17-1/h5-12,21,23,29-30,32,34H,1-4,13-20,22,24H2. The lowest BCUT2D eigenvalue weighted by Gasteiger charge is -2.08. The van der Waals surface area contributed by atoms with Gasteiger partial charge in [0.15, 0.2) is 0 Å². The van der Waals surface area contributed by atoms with Crippen LogP contribution in [0.25, 0.3) is 0 Å². The highest BCUT2D eigenvalue weighted by Gasteiger charge is 1.97. The summed E-state index contributed by atoms with van der Waals surface area (Å²) < 4.78 is 0. The van der Waals surface area contributed by atoms with E-state index in [1.165, 1.54) is 11.1 Å². The molecular formula is C28H42N6. The van der Waals surface area contributed by atoms with E-state index < -0.39 is 0 Å². The average Bonchev–Trinajstić information content (AvgIpc) is 2.87. The van der Waals surface area contributed by atoms with Gasteiger partial charge in [-0.05, 0) is 87.2 Å². The molecule has 0 unspecified atom stereocenters. The Bertz CT molecular complexity index is 759. The zero-order valence-corrected chi connectivity index (χ0v) is 20.6. The predicted octanol–water partition coefficient (Wildman–Crippen LogP) is 3.16. The topological polar surface area (TPSA) is 72.8 Å². The van der Waals surface area contributed by atoms with Gasteiger partial charge in [-0.2, -0.15) is 0 Å². The second kappa shape index (κ2) is 17.1. The molecule has 0 saturated carbocycles. The van der Waals surface area contributed by atoms with Crippen LogP contribution in [0.3, 0.4) is 0 Å². The highest BCUT2D eigenvalue weighted by Crippen LogP contribution is 2.04. The van der Waals surface area contributed by atoms with Crippen molar-refractivity contribution in [1.82, 2.24) is 21.3 Å². The van der Waals surface area contributed by atoms with E-state index in [9.17, 15) is 0 Å². The molecule has 0 saturated heterocycles. The first kappa shape index (κ1) is 26.2. The first-order valence-electron chi connectivity index (χ1n) is 12.9. The second-order valence-electron chi connectivity index (χ2n) is 8.82. The fraction of sp³-hybridized carbons (Fsp3) is 0.500. The number of hydrogen-bond acceptors (Lipinski definition) is 6. The molecule has 0 spiro atoms. The number of nitrogens with zero attached hydrogens (tertiary/aromatic N) is 2. The number of hydrogen-bond donors (Lipinski definition) is 4. The van der Waals surface area contributed by atoms with Gasteiger partial charge in [-0.15, -0.1) is 0 Å². The molecule has 4 bridgehead atoms. The van der Waals surface area contributed by atoms with E-state index in [1.807, 2.05) is 12.4 Å². The summed E-state index contributed by atoms with van der Waals surface area (Å²) in [6.07, 6.45) is 8.33. The predicted molar refractivity (Wildman–Crippen MR) is 145 cm³/mol. The maximum absolute atomic E-state index is 4.56. The van der Waals surface area contributed by atoms with E-state index in [0.717, 1.165) is 102 Å². The summed E-state index contributed by atoms with van der Waals surface area (Å²) in [5.74, 6) is 0. The number of benzene rings is 2. The van der Waals surface area contributed by atoms with Crippen LogP contribution in [0.4, 0.5) is 0 Å². The Morgan fingerprint density at radius 1 is 0.441 bits per heavy atom. The molecule has 2 aromatic rings. The average molecular weight is 463 g/mol. The lowest BCUT2D eigenvalue weighted by molar-refractivity contribution is 0.585. The summed E-state index contributed by atoms with van der Waals surface area (Å²) in [5.41, 5.74) is 4.98. The van der Waals surface area contributed by atoms with Crippen molar-refractivity contribution in [3.63, 3.8) is 0 Å². The minimum Gasteiger partial charge on any atom is -0.317 e. The van der Waals surface area contributed by atoms with Gasteiger partial charge in [0.1, 0.15) is 0 Å². The molecule has 6 heteroatoms. The van der Waals surface area contributed by atoms with Crippen molar-refractivity contribution < 1.29 is 0 Å². The lowest BCUT2D eigenvalue weighted by atomic mass is 10.1. The molecule has 4 aliphatic rings. The molecule has 6 rings (SSSR count). The Morgan fingerprint density at radius 3 is 1.26 bits per heavy atom. The molecule has 0 aliphatic carbocycles. The van der Waals surface area contributed by atoms with Gasteiger partial charge in [-0.25, -0.2) is 0 Å². The van der Waals surface area contributed by atoms with E-state index in [2.05, 4.69) is 79.8 Å². The molecule has 0 amide bonds. The van der Waals surface area contributed by atoms with Crippen LogP contribution in [0.2, 0.25) is 0 Å². The minimum absolute atomic E-state index is 0.855. The summed E-state index contributed by atoms with van der Waals surface area (Å²) in [6, 6.07) is 17.4. The fourth-order valence-corrected chi connectivity index (χ4v) is 3.77. The smallest absolute Gasteiger partial charge is 0.0401 e. The maximum atomic E-state index is 4.56. The van der Waals surface area contributed by atoms with Crippen molar-refractivity contribution in [2.45, 2.75) is 38.8 Å². The van der Waals surface area contributed by atoms with Gasteiger partial charge < -0.3 is 21.3 Å². The molecule has 0 fully saturated rings. The second-order valence-corrected chi connectivity index (χ2v) is 8.82. The Kier molecular flexibility index (Phi) is 13.2. The third kappa shape index (κ3) is 11.7. The molecule has 0 radical (unpaired) electrons. The van der Waals surface area contributed by atoms with Crippen LogP contribution in [-0.4, -0.2) is 64.8 Å². The van der Waals surface area contributed by atoms with E-state index >= 15 is 0 Å². The highest BCUT2D eigenvalue weighted by molar-refractivity contribution is 5.84. The van der Waals surface area contributed by atoms with Gasteiger partial charge in [-0.1, -0.05) is 48.5 Å². The molecule has 34 heavy (non-hydrogen) atoms. The summed E-state index contributed by atoms with van der Waals surface area (Å²) in [6.45, 7) is 9.74. The van der Waals surface area contributed by atoms with Crippen molar-refractivity contribution in [3.8, 4) is 0 Å². The van der Waals surface area contributed by atoms with Crippen molar-refractivity contribution in [3.05, 3.63) is 70.8 Å². The SMILES string of the molecule is C1=NCCCNCCCNCc2ccc(cc2)CNCCCNCCCN=Cc2ccc1cc2. The van der Waals surface area contributed by atoms with Gasteiger partial charge in [0.25, 0.3) is 0 Å². The van der Waals surface area contributed by atoms with Crippen molar-refractivity contribution in [1.29, 1.82) is 0 Å². The summed E-state index contributed by atoms with van der Waals surface area (Å²) >= 11 is 0. The Morgan fingerprint density at radius 2 is 0.824 bits per heavy atom. The Hall–Kier alpha value is -2.38. The maximum Gasteiger partial charge on any atom is 0.0401 e. The summed E-state index contributed by atoms with van der Waals surface area (Å²) in [4.78, 5) is 9.12. The van der Waals surface area contributed by atoms with Crippen LogP contribution in [0.15, 0.2) is 58.5 Å². The Balaban J connectivity index is 1.41. The zero-order valence-electron chi connectivity index (χ0n) is 20.6.